The van der Waals surface area contributed by atoms with Crippen LogP contribution in [0.25, 0.3) is 21.8 Å². The van der Waals surface area contributed by atoms with Crippen molar-refractivity contribution in [3.63, 3.8) is 0 Å². The molecular weight excluding hydrogens is 636 g/mol. The second-order valence-corrected chi connectivity index (χ2v) is 10.9. The van der Waals surface area contributed by atoms with Crippen molar-refractivity contribution in [3.05, 3.63) is 107 Å². The van der Waals surface area contributed by atoms with Gasteiger partial charge in [-0.25, -0.2) is 4.98 Å². The van der Waals surface area contributed by atoms with Gasteiger partial charge in [-0.2, -0.15) is 9.78 Å². The van der Waals surface area contributed by atoms with E-state index in [0.29, 0.717) is 29.7 Å². The smallest absolute Gasteiger partial charge is 0.282 e. The highest BCUT2D eigenvalue weighted by atomic mass is 79.9. The van der Waals surface area contributed by atoms with Gasteiger partial charge in [0.05, 0.1) is 17.1 Å². The molecule has 35 heavy (non-hydrogen) atoms. The van der Waals surface area contributed by atoms with E-state index in [0.717, 1.165) is 35.6 Å². The van der Waals surface area contributed by atoms with E-state index in [-0.39, 0.29) is 5.56 Å². The zero-order valence-corrected chi connectivity index (χ0v) is 23.9. The van der Waals surface area contributed by atoms with Gasteiger partial charge < -0.3 is 4.57 Å². The van der Waals surface area contributed by atoms with Crippen LogP contribution < -0.4 is 5.56 Å². The Morgan fingerprint density at radius 1 is 0.971 bits per heavy atom. The molecule has 0 atom stereocenters. The maximum atomic E-state index is 13.3. The summed E-state index contributed by atoms with van der Waals surface area (Å²) in [5.41, 5.74) is 4.85. The minimum Gasteiger partial charge on any atom is -0.340 e. The third-order valence-electron chi connectivity index (χ3n) is 6.12. The second kappa shape index (κ2) is 9.84. The molecule has 5 rings (SSSR count). The first kappa shape index (κ1) is 24.2. The van der Waals surface area contributed by atoms with Crippen LogP contribution in [0, 0.1) is 6.92 Å². The number of aryl methyl sites for hydroxylation is 1. The van der Waals surface area contributed by atoms with Crippen LogP contribution in [0.3, 0.4) is 0 Å². The van der Waals surface area contributed by atoms with E-state index in [1.165, 1.54) is 10.2 Å². The van der Waals surface area contributed by atoms with E-state index in [1.807, 2.05) is 37.3 Å². The summed E-state index contributed by atoms with van der Waals surface area (Å²) >= 11 is 10.7. The third-order valence-corrected chi connectivity index (χ3v) is 7.84. The largest absolute Gasteiger partial charge is 0.340 e. The van der Waals surface area contributed by atoms with E-state index in [4.69, 9.17) is 0 Å². The number of halogens is 3. The van der Waals surface area contributed by atoms with Gasteiger partial charge in [0.1, 0.15) is 5.82 Å². The van der Waals surface area contributed by atoms with Crippen LogP contribution in [0.5, 0.6) is 0 Å². The summed E-state index contributed by atoms with van der Waals surface area (Å²) in [6, 6.07) is 20.0. The molecule has 0 aliphatic heterocycles. The molecule has 0 spiro atoms. The molecule has 0 unspecified atom stereocenters. The molecule has 0 saturated carbocycles. The van der Waals surface area contributed by atoms with Gasteiger partial charge in [0, 0.05) is 48.5 Å². The standard InChI is InChI=1S/C27H21Br3N4O/c1-3-26-32-24-11-10-18(28)12-21(24)27(35)34(26)31-14-22-16(2)33(25-7-5-4-6-20(22)25)15-17-8-9-19(29)13-23(17)30/h4-14H,3,15H2,1-2H3. The predicted molar refractivity (Wildman–Crippen MR) is 154 cm³/mol. The highest BCUT2D eigenvalue weighted by molar-refractivity contribution is 9.11. The van der Waals surface area contributed by atoms with Crippen LogP contribution >= 0.6 is 47.8 Å². The predicted octanol–water partition coefficient (Wildman–Crippen LogP) is 7.44. The van der Waals surface area contributed by atoms with Crippen molar-refractivity contribution >= 4 is 75.8 Å². The molecular formula is C27H21Br3N4O. The molecule has 0 N–H and O–H groups in total. The van der Waals surface area contributed by atoms with Crippen LogP contribution in [0.2, 0.25) is 0 Å². The van der Waals surface area contributed by atoms with Crippen molar-refractivity contribution in [3.8, 4) is 0 Å². The van der Waals surface area contributed by atoms with Crippen LogP contribution in [-0.2, 0) is 13.0 Å². The lowest BCUT2D eigenvalue weighted by molar-refractivity contribution is 0.734. The number of nitrogens with zero attached hydrogens (tertiary/aromatic N) is 4. The zero-order valence-electron chi connectivity index (χ0n) is 19.1. The Balaban J connectivity index is 1.64. The van der Waals surface area contributed by atoms with Gasteiger partial charge in [0.15, 0.2) is 0 Å². The van der Waals surface area contributed by atoms with E-state index < -0.39 is 0 Å². The van der Waals surface area contributed by atoms with Crippen LogP contribution in [0.4, 0.5) is 0 Å². The molecule has 176 valence electrons. The van der Waals surface area contributed by atoms with Crippen molar-refractivity contribution < 1.29 is 0 Å². The Hall–Kier alpha value is -2.55. The molecule has 0 radical (unpaired) electrons. The van der Waals surface area contributed by atoms with Gasteiger partial charge in [-0.3, -0.25) is 4.79 Å². The molecule has 0 aliphatic rings. The van der Waals surface area contributed by atoms with E-state index in [2.05, 4.69) is 93.6 Å². The molecule has 0 saturated heterocycles. The quantitative estimate of drug-likeness (QED) is 0.185. The van der Waals surface area contributed by atoms with Crippen LogP contribution in [-0.4, -0.2) is 20.4 Å². The monoisotopic (exact) mass is 654 g/mol. The summed E-state index contributed by atoms with van der Waals surface area (Å²) in [7, 11) is 0. The Bertz CT molecular complexity index is 1680. The van der Waals surface area contributed by atoms with Gasteiger partial charge >= 0.3 is 0 Å². The molecule has 0 aliphatic carbocycles. The third kappa shape index (κ3) is 4.55. The van der Waals surface area contributed by atoms with Crippen LogP contribution in [0.15, 0.2) is 84.0 Å². The van der Waals surface area contributed by atoms with E-state index >= 15 is 0 Å². The summed E-state index contributed by atoms with van der Waals surface area (Å²) in [5.74, 6) is 0.626. The first-order chi connectivity index (χ1) is 16.9. The number of hydrogen-bond acceptors (Lipinski definition) is 3. The van der Waals surface area contributed by atoms with Crippen molar-refractivity contribution in [1.82, 2.24) is 14.2 Å². The molecule has 0 amide bonds. The van der Waals surface area contributed by atoms with Gasteiger partial charge in [0.2, 0.25) is 0 Å². The number of hydrogen-bond donors (Lipinski definition) is 0. The Morgan fingerprint density at radius 2 is 1.71 bits per heavy atom. The summed E-state index contributed by atoms with van der Waals surface area (Å²) in [4.78, 5) is 18.0. The lowest BCUT2D eigenvalue weighted by Gasteiger charge is -2.11. The number of fused-ring (bicyclic) bond motifs is 2. The molecule has 0 bridgehead atoms. The Kier molecular flexibility index (Phi) is 6.79. The number of benzene rings is 3. The highest BCUT2D eigenvalue weighted by Gasteiger charge is 2.15. The van der Waals surface area contributed by atoms with Crippen LogP contribution in [0.1, 0.15) is 29.6 Å². The topological polar surface area (TPSA) is 52.2 Å². The van der Waals surface area contributed by atoms with E-state index in [9.17, 15) is 4.79 Å². The average molecular weight is 657 g/mol. The summed E-state index contributed by atoms with van der Waals surface area (Å²) in [6.07, 6.45) is 2.38. The van der Waals surface area contributed by atoms with Crippen molar-refractivity contribution in [2.24, 2.45) is 5.10 Å². The summed E-state index contributed by atoms with van der Waals surface area (Å²) in [6.45, 7) is 4.78. The molecule has 3 aromatic carbocycles. The molecule has 0 fully saturated rings. The normalized spacial score (nSPS) is 11.8. The lowest BCUT2D eigenvalue weighted by Crippen LogP contribution is -2.22. The first-order valence-corrected chi connectivity index (χ1v) is 13.5. The number of rotatable bonds is 5. The van der Waals surface area contributed by atoms with Gasteiger partial charge in [-0.1, -0.05) is 79.0 Å². The number of aromatic nitrogens is 3. The minimum absolute atomic E-state index is 0.176. The van der Waals surface area contributed by atoms with Gasteiger partial charge in [-0.15, -0.1) is 0 Å². The maximum absolute atomic E-state index is 13.3. The van der Waals surface area contributed by atoms with E-state index in [1.54, 1.807) is 12.3 Å². The van der Waals surface area contributed by atoms with Gasteiger partial charge in [-0.05, 0) is 48.9 Å². The maximum Gasteiger partial charge on any atom is 0.282 e. The zero-order chi connectivity index (χ0) is 24.7. The lowest BCUT2D eigenvalue weighted by atomic mass is 10.1. The first-order valence-electron chi connectivity index (χ1n) is 11.1. The molecule has 2 heterocycles. The van der Waals surface area contributed by atoms with Gasteiger partial charge in [0.25, 0.3) is 5.56 Å². The highest BCUT2D eigenvalue weighted by Crippen LogP contribution is 2.29. The molecule has 8 heteroatoms. The second-order valence-electron chi connectivity index (χ2n) is 8.24. The summed E-state index contributed by atoms with van der Waals surface area (Å²) < 4.78 is 6.62. The number of para-hydroxylation sites is 1. The van der Waals surface area contributed by atoms with Crippen molar-refractivity contribution in [1.29, 1.82) is 0 Å². The fourth-order valence-electron chi connectivity index (χ4n) is 4.30. The average Bonchev–Trinajstić information content (AvgIpc) is 3.11. The Morgan fingerprint density at radius 3 is 2.49 bits per heavy atom. The molecule has 5 nitrogen and oxygen atoms in total. The molecule has 5 aromatic rings. The fraction of sp³-hybridized carbons (Fsp3) is 0.148. The fourth-order valence-corrected chi connectivity index (χ4v) is 5.84. The SMILES string of the molecule is CCc1nc2ccc(Br)cc2c(=O)n1N=Cc1c(C)n(Cc2ccc(Br)cc2Br)c2ccccc12. The minimum atomic E-state index is -0.176. The van der Waals surface area contributed by atoms with Crippen molar-refractivity contribution in [2.75, 3.05) is 0 Å². The van der Waals surface area contributed by atoms with Crippen molar-refractivity contribution in [2.45, 2.75) is 26.8 Å². The Labute approximate surface area is 227 Å². The summed E-state index contributed by atoms with van der Waals surface area (Å²) in [5, 5.41) is 6.28. The molecule has 2 aromatic heterocycles.